The number of hydrogen-bond acceptors (Lipinski definition) is 6. The van der Waals surface area contributed by atoms with Crippen molar-refractivity contribution < 1.29 is 4.74 Å². The molecule has 3 aromatic rings. The molecule has 0 spiro atoms. The monoisotopic (exact) mass is 389 g/mol. The lowest BCUT2D eigenvalue weighted by Gasteiger charge is -2.06. The normalized spacial score (nSPS) is 14.1. The van der Waals surface area contributed by atoms with E-state index in [0.29, 0.717) is 28.3 Å². The van der Waals surface area contributed by atoms with Crippen molar-refractivity contribution in [1.29, 1.82) is 0 Å². The summed E-state index contributed by atoms with van der Waals surface area (Å²) >= 11 is 7.82. The average Bonchev–Trinajstić information content (AvgIpc) is 3.39. The van der Waals surface area contributed by atoms with E-state index in [1.807, 2.05) is 26.0 Å². The second kappa shape index (κ2) is 7.40. The lowest BCUT2D eigenvalue weighted by atomic mass is 10.2. The van der Waals surface area contributed by atoms with Crippen molar-refractivity contribution >= 4 is 34.4 Å². The molecule has 0 saturated heterocycles. The van der Waals surface area contributed by atoms with Gasteiger partial charge in [0, 0.05) is 5.69 Å². The molecule has 0 radical (unpaired) electrons. The first-order chi connectivity index (χ1) is 12.7. The molecule has 0 aliphatic heterocycles. The number of hydrogen-bond donors (Lipinski definition) is 1. The molecule has 6 nitrogen and oxygen atoms in total. The highest BCUT2D eigenvalue weighted by Gasteiger charge is 2.22. The molecule has 136 valence electrons. The van der Waals surface area contributed by atoms with E-state index >= 15 is 0 Å². The van der Waals surface area contributed by atoms with Gasteiger partial charge in [-0.05, 0) is 62.4 Å². The number of rotatable bonds is 7. The molecule has 26 heavy (non-hydrogen) atoms. The standard InChI is InChI=1S/C18H20ClN5OS/c1-3-12-15(19)14-16(20-12)21-18(22-17(14)25-4-2)26-13-8-7-11(23-24-13)9-10-5-6-10/h7-8,10H,3-6,9H2,1-2H3,(H,20,21,22). The summed E-state index contributed by atoms with van der Waals surface area (Å²) in [6.45, 7) is 4.47. The number of aromatic nitrogens is 5. The third kappa shape index (κ3) is 3.64. The highest BCUT2D eigenvalue weighted by Crippen LogP contribution is 2.36. The van der Waals surface area contributed by atoms with Crippen LogP contribution in [0.25, 0.3) is 11.0 Å². The molecule has 0 aromatic carbocycles. The van der Waals surface area contributed by atoms with Gasteiger partial charge in [0.2, 0.25) is 5.88 Å². The number of H-pyrrole nitrogens is 1. The van der Waals surface area contributed by atoms with Crippen LogP contribution in [-0.2, 0) is 12.8 Å². The maximum absolute atomic E-state index is 6.45. The summed E-state index contributed by atoms with van der Waals surface area (Å²) in [5, 5.41) is 11.3. The van der Waals surface area contributed by atoms with Crippen molar-refractivity contribution in [2.45, 2.75) is 49.7 Å². The number of ether oxygens (including phenoxy) is 1. The molecule has 1 saturated carbocycles. The summed E-state index contributed by atoms with van der Waals surface area (Å²) in [4.78, 5) is 12.4. The second-order valence-corrected chi connectivity index (χ2v) is 7.72. The maximum Gasteiger partial charge on any atom is 0.228 e. The first-order valence-electron chi connectivity index (χ1n) is 8.89. The number of fused-ring (bicyclic) bond motifs is 1. The van der Waals surface area contributed by atoms with Crippen molar-refractivity contribution in [1.82, 2.24) is 25.1 Å². The van der Waals surface area contributed by atoms with Gasteiger partial charge in [-0.2, -0.15) is 10.1 Å². The highest BCUT2D eigenvalue weighted by atomic mass is 35.5. The number of nitrogens with zero attached hydrogens (tertiary/aromatic N) is 4. The third-order valence-electron chi connectivity index (χ3n) is 4.33. The summed E-state index contributed by atoms with van der Waals surface area (Å²) in [5.74, 6) is 1.30. The van der Waals surface area contributed by atoms with E-state index in [1.54, 1.807) is 0 Å². The van der Waals surface area contributed by atoms with Crippen LogP contribution < -0.4 is 4.74 Å². The van der Waals surface area contributed by atoms with Crippen molar-refractivity contribution in [2.75, 3.05) is 6.61 Å². The van der Waals surface area contributed by atoms with Gasteiger partial charge in [0.05, 0.1) is 22.7 Å². The second-order valence-electron chi connectivity index (χ2n) is 6.35. The highest BCUT2D eigenvalue weighted by molar-refractivity contribution is 7.99. The Kier molecular flexibility index (Phi) is 5.00. The Morgan fingerprint density at radius 2 is 2.08 bits per heavy atom. The third-order valence-corrected chi connectivity index (χ3v) is 5.54. The van der Waals surface area contributed by atoms with Gasteiger partial charge in [0.25, 0.3) is 0 Å². The van der Waals surface area contributed by atoms with Gasteiger partial charge in [0.1, 0.15) is 10.7 Å². The fourth-order valence-electron chi connectivity index (χ4n) is 2.81. The van der Waals surface area contributed by atoms with E-state index in [2.05, 4.69) is 25.1 Å². The molecule has 0 atom stereocenters. The van der Waals surface area contributed by atoms with E-state index in [9.17, 15) is 0 Å². The zero-order chi connectivity index (χ0) is 18.1. The Bertz CT molecular complexity index is 923. The summed E-state index contributed by atoms with van der Waals surface area (Å²) in [6, 6.07) is 4.01. The van der Waals surface area contributed by atoms with E-state index in [0.717, 1.165) is 40.6 Å². The molecule has 1 aliphatic rings. The van der Waals surface area contributed by atoms with E-state index in [1.165, 1.54) is 24.6 Å². The molecular formula is C18H20ClN5OS. The molecule has 0 amide bonds. The van der Waals surface area contributed by atoms with Crippen LogP contribution in [-0.4, -0.2) is 31.8 Å². The minimum Gasteiger partial charge on any atom is -0.477 e. The van der Waals surface area contributed by atoms with Gasteiger partial charge in [-0.25, -0.2) is 4.98 Å². The van der Waals surface area contributed by atoms with Crippen LogP contribution in [0.5, 0.6) is 5.88 Å². The Hall–Kier alpha value is -1.86. The smallest absolute Gasteiger partial charge is 0.228 e. The van der Waals surface area contributed by atoms with Gasteiger partial charge >= 0.3 is 0 Å². The lowest BCUT2D eigenvalue weighted by molar-refractivity contribution is 0.328. The predicted molar refractivity (Wildman–Crippen MR) is 102 cm³/mol. The van der Waals surface area contributed by atoms with Crippen LogP contribution in [0, 0.1) is 5.92 Å². The lowest BCUT2D eigenvalue weighted by Crippen LogP contribution is -1.99. The van der Waals surface area contributed by atoms with Crippen molar-refractivity contribution in [3.05, 3.63) is 28.5 Å². The van der Waals surface area contributed by atoms with Gasteiger partial charge in [-0.1, -0.05) is 18.5 Å². The Morgan fingerprint density at radius 1 is 1.23 bits per heavy atom. The maximum atomic E-state index is 6.45. The zero-order valence-electron chi connectivity index (χ0n) is 14.8. The van der Waals surface area contributed by atoms with Crippen LogP contribution >= 0.6 is 23.4 Å². The Labute approximate surface area is 161 Å². The summed E-state index contributed by atoms with van der Waals surface area (Å²) in [5.41, 5.74) is 2.67. The molecule has 8 heteroatoms. The molecule has 0 bridgehead atoms. The SMILES string of the molecule is CCOc1nc(Sc2ccc(CC3CC3)nn2)nc2[nH]c(CC)c(Cl)c12. The fraction of sp³-hybridized carbons (Fsp3) is 0.444. The average molecular weight is 390 g/mol. The van der Waals surface area contributed by atoms with Gasteiger partial charge in [0.15, 0.2) is 5.16 Å². The molecule has 0 unspecified atom stereocenters. The predicted octanol–water partition coefficient (Wildman–Crippen LogP) is 4.47. The largest absolute Gasteiger partial charge is 0.477 e. The quantitative estimate of drug-likeness (QED) is 0.601. The van der Waals surface area contributed by atoms with Gasteiger partial charge < -0.3 is 9.72 Å². The summed E-state index contributed by atoms with van der Waals surface area (Å²) in [6.07, 6.45) is 4.43. The van der Waals surface area contributed by atoms with Crippen LogP contribution in [0.1, 0.15) is 38.1 Å². The minimum atomic E-state index is 0.499. The molecule has 3 aromatic heterocycles. The zero-order valence-corrected chi connectivity index (χ0v) is 16.3. The molecule has 4 rings (SSSR count). The summed E-state index contributed by atoms with van der Waals surface area (Å²) in [7, 11) is 0. The topological polar surface area (TPSA) is 76.6 Å². The van der Waals surface area contributed by atoms with Crippen molar-refractivity contribution in [3.63, 3.8) is 0 Å². The van der Waals surface area contributed by atoms with Crippen LogP contribution in [0.2, 0.25) is 5.02 Å². The summed E-state index contributed by atoms with van der Waals surface area (Å²) < 4.78 is 5.70. The molecule has 3 heterocycles. The van der Waals surface area contributed by atoms with E-state index < -0.39 is 0 Å². The first kappa shape index (κ1) is 17.5. The molecule has 1 fully saturated rings. The molecular weight excluding hydrogens is 370 g/mol. The van der Waals surface area contributed by atoms with E-state index in [4.69, 9.17) is 16.3 Å². The van der Waals surface area contributed by atoms with Gasteiger partial charge in [-0.3, -0.25) is 0 Å². The first-order valence-corrected chi connectivity index (χ1v) is 10.1. The Balaban J connectivity index is 1.62. The van der Waals surface area contributed by atoms with Crippen LogP contribution in [0.3, 0.4) is 0 Å². The number of aromatic amines is 1. The van der Waals surface area contributed by atoms with Crippen molar-refractivity contribution in [3.8, 4) is 5.88 Å². The number of aryl methyl sites for hydroxylation is 1. The van der Waals surface area contributed by atoms with Crippen molar-refractivity contribution in [2.24, 2.45) is 5.92 Å². The Morgan fingerprint density at radius 3 is 2.73 bits per heavy atom. The number of halogens is 1. The molecule has 1 aliphatic carbocycles. The van der Waals surface area contributed by atoms with Gasteiger partial charge in [-0.15, -0.1) is 5.10 Å². The molecule has 1 N–H and O–H groups in total. The number of nitrogens with one attached hydrogen (secondary N) is 1. The minimum absolute atomic E-state index is 0.499. The van der Waals surface area contributed by atoms with Crippen LogP contribution in [0.4, 0.5) is 0 Å². The van der Waals surface area contributed by atoms with Crippen LogP contribution in [0.15, 0.2) is 22.3 Å². The van der Waals surface area contributed by atoms with E-state index in [-0.39, 0.29) is 0 Å². The fourth-order valence-corrected chi connectivity index (χ4v) is 3.83.